The van der Waals surface area contributed by atoms with E-state index in [2.05, 4.69) is 0 Å². The molecule has 0 unspecified atom stereocenters. The number of nitrogens with zero attached hydrogens (tertiary/aromatic N) is 1. The molecule has 1 fully saturated rings. The summed E-state index contributed by atoms with van der Waals surface area (Å²) < 4.78 is 32.0. The zero-order valence-corrected chi connectivity index (χ0v) is 16.4. The van der Waals surface area contributed by atoms with E-state index in [-0.39, 0.29) is 22.8 Å². The Morgan fingerprint density at radius 2 is 1.67 bits per heavy atom. The highest BCUT2D eigenvalue weighted by atomic mass is 32.2. The maximum absolute atomic E-state index is 12.7. The van der Waals surface area contributed by atoms with Crippen molar-refractivity contribution < 1.29 is 22.7 Å². The van der Waals surface area contributed by atoms with Gasteiger partial charge in [-0.15, -0.1) is 11.3 Å². The zero-order chi connectivity index (χ0) is 19.3. The van der Waals surface area contributed by atoms with Crippen molar-refractivity contribution in [3.05, 3.63) is 52.2 Å². The van der Waals surface area contributed by atoms with Crippen molar-refractivity contribution in [2.24, 2.45) is 0 Å². The van der Waals surface area contributed by atoms with Crippen LogP contribution in [0.4, 0.5) is 0 Å². The number of ether oxygens (including phenoxy) is 1. The predicted molar refractivity (Wildman–Crippen MR) is 103 cm³/mol. The van der Waals surface area contributed by atoms with Crippen LogP contribution in [0.25, 0.3) is 0 Å². The summed E-state index contributed by atoms with van der Waals surface area (Å²) in [4.78, 5) is 24.7. The van der Waals surface area contributed by atoms with Crippen molar-refractivity contribution in [2.45, 2.75) is 30.6 Å². The molecule has 0 aliphatic carbocycles. The number of carbonyl (C=O) groups excluding carboxylic acids is 2. The molecule has 2 heterocycles. The van der Waals surface area contributed by atoms with Crippen molar-refractivity contribution in [1.29, 1.82) is 0 Å². The number of sulfonamides is 1. The van der Waals surface area contributed by atoms with Gasteiger partial charge < -0.3 is 4.74 Å². The average Bonchev–Trinajstić information content (AvgIpc) is 3.07. The highest BCUT2D eigenvalue weighted by molar-refractivity contribution is 7.89. The van der Waals surface area contributed by atoms with Crippen LogP contribution in [0.3, 0.4) is 0 Å². The van der Waals surface area contributed by atoms with Gasteiger partial charge in [-0.3, -0.25) is 4.79 Å². The molecule has 0 spiro atoms. The number of benzene rings is 1. The fourth-order valence-electron chi connectivity index (χ4n) is 2.92. The Kier molecular flexibility index (Phi) is 6.41. The molecule has 144 valence electrons. The summed E-state index contributed by atoms with van der Waals surface area (Å²) in [7, 11) is -3.55. The van der Waals surface area contributed by atoms with Gasteiger partial charge in [-0.25, -0.2) is 13.2 Å². The first-order valence-corrected chi connectivity index (χ1v) is 11.1. The first kappa shape index (κ1) is 19.7. The predicted octanol–water partition coefficient (Wildman–Crippen LogP) is 3.35. The SMILES string of the molecule is O=C(OCC(=O)c1cccs1)c1ccc(S(=O)(=O)N2CCCCCC2)cc1. The second-order valence-electron chi connectivity index (χ2n) is 6.32. The van der Waals surface area contributed by atoms with Crippen LogP contribution in [0.15, 0.2) is 46.7 Å². The summed E-state index contributed by atoms with van der Waals surface area (Å²) in [5, 5.41) is 1.78. The van der Waals surface area contributed by atoms with Crippen LogP contribution in [0.2, 0.25) is 0 Å². The maximum Gasteiger partial charge on any atom is 0.338 e. The van der Waals surface area contributed by atoms with Gasteiger partial charge in [0.25, 0.3) is 0 Å². The lowest BCUT2D eigenvalue weighted by atomic mass is 10.2. The van der Waals surface area contributed by atoms with E-state index in [9.17, 15) is 18.0 Å². The first-order chi connectivity index (χ1) is 13.0. The monoisotopic (exact) mass is 407 g/mol. The van der Waals surface area contributed by atoms with E-state index in [1.54, 1.807) is 17.5 Å². The van der Waals surface area contributed by atoms with Crippen LogP contribution in [-0.4, -0.2) is 44.2 Å². The molecule has 0 N–H and O–H groups in total. The second-order valence-corrected chi connectivity index (χ2v) is 9.20. The van der Waals surface area contributed by atoms with Crippen molar-refractivity contribution in [3.63, 3.8) is 0 Å². The lowest BCUT2D eigenvalue weighted by molar-refractivity contribution is 0.0475. The van der Waals surface area contributed by atoms with E-state index >= 15 is 0 Å². The Bertz CT molecular complexity index is 881. The minimum atomic E-state index is -3.55. The number of rotatable bonds is 6. The zero-order valence-electron chi connectivity index (χ0n) is 14.8. The van der Waals surface area contributed by atoms with Gasteiger partial charge in [0.1, 0.15) is 0 Å². The van der Waals surface area contributed by atoms with Crippen molar-refractivity contribution in [1.82, 2.24) is 4.31 Å². The summed E-state index contributed by atoms with van der Waals surface area (Å²) in [5.41, 5.74) is 0.212. The van der Waals surface area contributed by atoms with Gasteiger partial charge in [0.05, 0.1) is 15.3 Å². The molecule has 8 heteroatoms. The molecule has 2 aromatic rings. The van der Waals surface area contributed by atoms with Crippen molar-refractivity contribution in [2.75, 3.05) is 19.7 Å². The summed E-state index contributed by atoms with van der Waals surface area (Å²) >= 11 is 1.29. The molecule has 27 heavy (non-hydrogen) atoms. The number of Topliss-reactive ketones (excluding diaryl/α,β-unsaturated/α-hetero) is 1. The van der Waals surface area contributed by atoms with Gasteiger partial charge in [-0.05, 0) is 48.6 Å². The van der Waals surface area contributed by atoms with Crippen LogP contribution < -0.4 is 0 Å². The topological polar surface area (TPSA) is 80.8 Å². The maximum atomic E-state index is 12.7. The van der Waals surface area contributed by atoms with Gasteiger partial charge in [0.15, 0.2) is 6.61 Å². The molecular weight excluding hydrogens is 386 g/mol. The molecule has 1 aliphatic heterocycles. The molecule has 3 rings (SSSR count). The highest BCUT2D eigenvalue weighted by Crippen LogP contribution is 2.21. The molecule has 0 atom stereocenters. The highest BCUT2D eigenvalue weighted by Gasteiger charge is 2.25. The average molecular weight is 408 g/mol. The minimum Gasteiger partial charge on any atom is -0.454 e. The molecule has 1 aromatic heterocycles. The molecule has 1 aliphatic rings. The number of carbonyl (C=O) groups is 2. The number of hydrogen-bond acceptors (Lipinski definition) is 6. The molecule has 1 aromatic carbocycles. The molecule has 6 nitrogen and oxygen atoms in total. The number of thiophene rings is 1. The molecule has 0 bridgehead atoms. The Morgan fingerprint density at radius 1 is 1.00 bits per heavy atom. The van der Waals surface area contributed by atoms with Crippen LogP contribution in [0.5, 0.6) is 0 Å². The first-order valence-electron chi connectivity index (χ1n) is 8.82. The van der Waals surface area contributed by atoms with E-state index in [0.29, 0.717) is 18.0 Å². The van der Waals surface area contributed by atoms with Crippen molar-refractivity contribution >= 4 is 33.1 Å². The van der Waals surface area contributed by atoms with Gasteiger partial charge in [0.2, 0.25) is 15.8 Å². The van der Waals surface area contributed by atoms with Crippen LogP contribution in [-0.2, 0) is 14.8 Å². The van der Waals surface area contributed by atoms with Crippen LogP contribution >= 0.6 is 11.3 Å². The molecule has 1 saturated heterocycles. The van der Waals surface area contributed by atoms with Crippen LogP contribution in [0, 0.1) is 0 Å². The van der Waals surface area contributed by atoms with Gasteiger partial charge >= 0.3 is 5.97 Å². The molecular formula is C19H21NO5S2. The normalized spacial score (nSPS) is 15.9. The molecule has 0 amide bonds. The van der Waals surface area contributed by atoms with E-state index in [1.165, 1.54) is 39.9 Å². The Balaban J connectivity index is 1.63. The third kappa shape index (κ3) is 4.82. The third-order valence-electron chi connectivity index (χ3n) is 4.42. The van der Waals surface area contributed by atoms with Gasteiger partial charge in [-0.1, -0.05) is 18.9 Å². The minimum absolute atomic E-state index is 0.163. The molecule has 0 radical (unpaired) electrons. The van der Waals surface area contributed by atoms with Crippen LogP contribution in [0.1, 0.15) is 45.7 Å². The number of esters is 1. The van der Waals surface area contributed by atoms with Gasteiger partial charge in [0, 0.05) is 13.1 Å². The lowest BCUT2D eigenvalue weighted by Gasteiger charge is -2.19. The van der Waals surface area contributed by atoms with Crippen molar-refractivity contribution in [3.8, 4) is 0 Å². The Morgan fingerprint density at radius 3 is 2.26 bits per heavy atom. The third-order valence-corrected chi connectivity index (χ3v) is 7.25. The smallest absolute Gasteiger partial charge is 0.338 e. The quantitative estimate of drug-likeness (QED) is 0.542. The summed E-state index contributed by atoms with van der Waals surface area (Å²) in [6.45, 7) is 0.709. The Labute approximate surface area is 162 Å². The largest absolute Gasteiger partial charge is 0.454 e. The van der Waals surface area contributed by atoms with Gasteiger partial charge in [-0.2, -0.15) is 4.31 Å². The second kappa shape index (κ2) is 8.77. The standard InChI is InChI=1S/C19H21NO5S2/c21-17(18-6-5-13-26-18)14-25-19(22)15-7-9-16(10-8-15)27(23,24)20-11-3-1-2-4-12-20/h5-10,13H,1-4,11-12,14H2. The van der Waals surface area contributed by atoms with E-state index in [4.69, 9.17) is 4.74 Å². The fraction of sp³-hybridized carbons (Fsp3) is 0.368. The van der Waals surface area contributed by atoms with E-state index in [0.717, 1.165) is 25.7 Å². The number of ketones is 1. The summed E-state index contributed by atoms with van der Waals surface area (Å²) in [5.74, 6) is -0.919. The lowest BCUT2D eigenvalue weighted by Crippen LogP contribution is -2.31. The Hall–Kier alpha value is -2.03. The fourth-order valence-corrected chi connectivity index (χ4v) is 5.09. The number of hydrogen-bond donors (Lipinski definition) is 0. The van der Waals surface area contributed by atoms with E-state index in [1.807, 2.05) is 0 Å². The summed E-state index contributed by atoms with van der Waals surface area (Å²) in [6.07, 6.45) is 3.81. The molecule has 0 saturated carbocycles. The summed E-state index contributed by atoms with van der Waals surface area (Å²) in [6, 6.07) is 9.09. The van der Waals surface area contributed by atoms with E-state index < -0.39 is 16.0 Å².